The molecule has 0 unspecified atom stereocenters. The lowest BCUT2D eigenvalue weighted by atomic mass is 10.1. The van der Waals surface area contributed by atoms with Crippen molar-refractivity contribution in [1.29, 1.82) is 0 Å². The molecule has 100 valence electrons. The SMILES string of the molecule is Cc1ccc(CNc2c(F)cc(Br)cc2F)c(Br)c1. The highest BCUT2D eigenvalue weighted by Crippen LogP contribution is 2.25. The zero-order valence-corrected chi connectivity index (χ0v) is 13.3. The molecule has 0 saturated carbocycles. The summed E-state index contributed by atoms with van der Waals surface area (Å²) in [5.41, 5.74) is 1.94. The van der Waals surface area contributed by atoms with Crippen molar-refractivity contribution in [3.05, 3.63) is 62.0 Å². The molecule has 0 spiro atoms. The second-order valence-electron chi connectivity index (χ2n) is 4.19. The fourth-order valence-electron chi connectivity index (χ4n) is 1.69. The molecule has 2 aromatic carbocycles. The van der Waals surface area contributed by atoms with Crippen LogP contribution in [0.1, 0.15) is 11.1 Å². The number of rotatable bonds is 3. The smallest absolute Gasteiger partial charge is 0.150 e. The predicted octanol–water partition coefficient (Wildman–Crippen LogP) is 5.41. The molecular weight excluding hydrogens is 380 g/mol. The Balaban J connectivity index is 2.19. The van der Waals surface area contributed by atoms with Gasteiger partial charge < -0.3 is 5.32 Å². The van der Waals surface area contributed by atoms with E-state index in [-0.39, 0.29) is 5.69 Å². The van der Waals surface area contributed by atoms with Crippen LogP contribution in [0.4, 0.5) is 14.5 Å². The molecule has 0 atom stereocenters. The van der Waals surface area contributed by atoms with E-state index in [2.05, 4.69) is 37.2 Å². The summed E-state index contributed by atoms with van der Waals surface area (Å²) in [5, 5.41) is 2.78. The van der Waals surface area contributed by atoms with Crippen molar-refractivity contribution in [2.24, 2.45) is 0 Å². The van der Waals surface area contributed by atoms with Crippen LogP contribution in [0.2, 0.25) is 0 Å². The Hall–Kier alpha value is -0.940. The summed E-state index contributed by atoms with van der Waals surface area (Å²) in [6, 6.07) is 8.30. The molecule has 0 amide bonds. The summed E-state index contributed by atoms with van der Waals surface area (Å²) < 4.78 is 28.6. The van der Waals surface area contributed by atoms with Gasteiger partial charge in [-0.05, 0) is 36.2 Å². The third-order valence-corrected chi connectivity index (χ3v) is 3.87. The van der Waals surface area contributed by atoms with Crippen LogP contribution in [0.25, 0.3) is 0 Å². The maximum absolute atomic E-state index is 13.6. The predicted molar refractivity (Wildman–Crippen MR) is 80.3 cm³/mol. The highest BCUT2D eigenvalue weighted by Gasteiger charge is 2.10. The molecule has 0 aliphatic rings. The van der Waals surface area contributed by atoms with Crippen LogP contribution < -0.4 is 5.32 Å². The number of aryl methyl sites for hydroxylation is 1. The van der Waals surface area contributed by atoms with Crippen LogP contribution in [0.15, 0.2) is 39.3 Å². The van der Waals surface area contributed by atoms with Gasteiger partial charge in [-0.1, -0.05) is 44.0 Å². The molecule has 0 aliphatic heterocycles. The number of benzene rings is 2. The zero-order valence-electron chi connectivity index (χ0n) is 10.1. The van der Waals surface area contributed by atoms with E-state index in [4.69, 9.17) is 0 Å². The lowest BCUT2D eigenvalue weighted by Gasteiger charge is -2.11. The molecule has 2 aromatic rings. The molecule has 0 aliphatic carbocycles. The average Bonchev–Trinajstić information content (AvgIpc) is 2.30. The number of nitrogens with one attached hydrogen (secondary N) is 1. The van der Waals surface area contributed by atoms with Crippen molar-refractivity contribution >= 4 is 37.5 Å². The summed E-state index contributed by atoms with van der Waals surface area (Å²) in [6.07, 6.45) is 0. The topological polar surface area (TPSA) is 12.0 Å². The van der Waals surface area contributed by atoms with Crippen molar-refractivity contribution in [2.75, 3.05) is 5.32 Å². The summed E-state index contributed by atoms with van der Waals surface area (Å²) in [4.78, 5) is 0. The lowest BCUT2D eigenvalue weighted by molar-refractivity contribution is 0.586. The van der Waals surface area contributed by atoms with E-state index >= 15 is 0 Å². The Morgan fingerprint density at radius 2 is 1.68 bits per heavy atom. The van der Waals surface area contributed by atoms with Gasteiger partial charge in [0.25, 0.3) is 0 Å². The summed E-state index contributed by atoms with van der Waals surface area (Å²) in [6.45, 7) is 2.33. The van der Waals surface area contributed by atoms with Crippen LogP contribution >= 0.6 is 31.9 Å². The van der Waals surface area contributed by atoms with E-state index in [9.17, 15) is 8.78 Å². The van der Waals surface area contributed by atoms with Crippen LogP contribution in [-0.2, 0) is 6.54 Å². The maximum Gasteiger partial charge on any atom is 0.150 e. The van der Waals surface area contributed by atoms with E-state index in [0.29, 0.717) is 11.0 Å². The minimum absolute atomic E-state index is 0.115. The van der Waals surface area contributed by atoms with Crippen LogP contribution in [-0.4, -0.2) is 0 Å². The molecule has 5 heteroatoms. The molecule has 19 heavy (non-hydrogen) atoms. The number of hydrogen-bond donors (Lipinski definition) is 1. The Bertz CT molecular complexity index is 591. The quantitative estimate of drug-likeness (QED) is 0.738. The van der Waals surface area contributed by atoms with Gasteiger partial charge in [0.2, 0.25) is 0 Å². The Labute approximate surface area is 127 Å². The first-order valence-electron chi connectivity index (χ1n) is 5.61. The van der Waals surface area contributed by atoms with Crippen LogP contribution in [0.5, 0.6) is 0 Å². The van der Waals surface area contributed by atoms with Crippen molar-refractivity contribution in [2.45, 2.75) is 13.5 Å². The van der Waals surface area contributed by atoms with Crippen molar-refractivity contribution < 1.29 is 8.78 Å². The molecule has 1 N–H and O–H groups in total. The molecule has 2 rings (SSSR count). The standard InChI is InChI=1S/C14H11Br2F2N/c1-8-2-3-9(11(16)4-8)7-19-14-12(17)5-10(15)6-13(14)18/h2-6,19H,7H2,1H3. The monoisotopic (exact) mass is 389 g/mol. The number of hydrogen-bond acceptors (Lipinski definition) is 1. The van der Waals surface area contributed by atoms with E-state index in [0.717, 1.165) is 15.6 Å². The van der Waals surface area contributed by atoms with Gasteiger partial charge in [0.15, 0.2) is 0 Å². The third-order valence-electron chi connectivity index (χ3n) is 2.67. The summed E-state index contributed by atoms with van der Waals surface area (Å²) in [7, 11) is 0. The molecule has 1 nitrogen and oxygen atoms in total. The second kappa shape index (κ2) is 6.01. The first-order valence-corrected chi connectivity index (χ1v) is 7.19. The van der Waals surface area contributed by atoms with Crippen molar-refractivity contribution in [3.8, 4) is 0 Å². The zero-order chi connectivity index (χ0) is 14.0. The minimum atomic E-state index is -0.616. The highest BCUT2D eigenvalue weighted by molar-refractivity contribution is 9.10. The van der Waals surface area contributed by atoms with E-state index in [1.165, 1.54) is 12.1 Å². The summed E-state index contributed by atoms with van der Waals surface area (Å²) >= 11 is 6.48. The van der Waals surface area contributed by atoms with Gasteiger partial charge in [0.1, 0.15) is 17.3 Å². The van der Waals surface area contributed by atoms with Gasteiger partial charge in [0, 0.05) is 15.5 Å². The maximum atomic E-state index is 13.6. The van der Waals surface area contributed by atoms with Gasteiger partial charge in [-0.15, -0.1) is 0 Å². The minimum Gasteiger partial charge on any atom is -0.376 e. The fourth-order valence-corrected chi connectivity index (χ4v) is 2.73. The first-order chi connectivity index (χ1) is 8.97. The van der Waals surface area contributed by atoms with Gasteiger partial charge in [-0.2, -0.15) is 0 Å². The Morgan fingerprint density at radius 1 is 1.05 bits per heavy atom. The van der Waals surface area contributed by atoms with Gasteiger partial charge in [-0.3, -0.25) is 0 Å². The van der Waals surface area contributed by atoms with Crippen molar-refractivity contribution in [3.63, 3.8) is 0 Å². The van der Waals surface area contributed by atoms with Crippen LogP contribution in [0, 0.1) is 18.6 Å². The molecule has 0 aromatic heterocycles. The average molecular weight is 391 g/mol. The lowest BCUT2D eigenvalue weighted by Crippen LogP contribution is -2.04. The summed E-state index contributed by atoms with van der Waals surface area (Å²) in [5.74, 6) is -1.23. The van der Waals surface area contributed by atoms with Gasteiger partial charge in [-0.25, -0.2) is 8.78 Å². The molecule has 0 bridgehead atoms. The molecule has 0 heterocycles. The van der Waals surface area contributed by atoms with Crippen molar-refractivity contribution in [1.82, 2.24) is 0 Å². The molecule has 0 fully saturated rings. The number of halogens is 4. The normalized spacial score (nSPS) is 10.6. The molecular formula is C14H11Br2F2N. The van der Waals surface area contributed by atoms with E-state index in [1.807, 2.05) is 25.1 Å². The molecule has 0 radical (unpaired) electrons. The highest BCUT2D eigenvalue weighted by atomic mass is 79.9. The van der Waals surface area contributed by atoms with Gasteiger partial charge >= 0.3 is 0 Å². The second-order valence-corrected chi connectivity index (χ2v) is 5.96. The van der Waals surface area contributed by atoms with E-state index < -0.39 is 11.6 Å². The van der Waals surface area contributed by atoms with Crippen LogP contribution in [0.3, 0.4) is 0 Å². The Morgan fingerprint density at radius 3 is 2.26 bits per heavy atom. The number of anilines is 1. The third kappa shape index (κ3) is 3.54. The molecule has 0 saturated heterocycles. The fraction of sp³-hybridized carbons (Fsp3) is 0.143. The first kappa shape index (κ1) is 14.5. The largest absolute Gasteiger partial charge is 0.376 e. The van der Waals surface area contributed by atoms with Gasteiger partial charge in [0.05, 0.1) is 0 Å². The Kier molecular flexibility index (Phi) is 4.58. The van der Waals surface area contributed by atoms with E-state index in [1.54, 1.807) is 0 Å².